The van der Waals surface area contributed by atoms with Gasteiger partial charge in [-0.1, -0.05) is 11.3 Å². The summed E-state index contributed by atoms with van der Waals surface area (Å²) in [7, 11) is 3.09. The number of aromatic nitrogens is 3. The highest BCUT2D eigenvalue weighted by molar-refractivity contribution is 7.22. The summed E-state index contributed by atoms with van der Waals surface area (Å²) < 4.78 is 48.1. The Morgan fingerprint density at radius 3 is 2.66 bits per heavy atom. The second-order valence-electron chi connectivity index (χ2n) is 6.01. The van der Waals surface area contributed by atoms with Gasteiger partial charge in [0, 0.05) is 13.1 Å². The number of thiazole rings is 1. The van der Waals surface area contributed by atoms with E-state index in [1.165, 1.54) is 36.6 Å². The van der Waals surface area contributed by atoms with E-state index < -0.39 is 12.3 Å². The summed E-state index contributed by atoms with van der Waals surface area (Å²) in [6.07, 6.45) is -4.75. The lowest BCUT2D eigenvalue weighted by Crippen LogP contribution is -2.16. The highest BCUT2D eigenvalue weighted by Gasteiger charge is 2.31. The first-order chi connectivity index (χ1) is 13.7. The highest BCUT2D eigenvalue weighted by Crippen LogP contribution is 2.33. The molecule has 0 saturated heterocycles. The van der Waals surface area contributed by atoms with Crippen LogP contribution in [0.3, 0.4) is 0 Å². The minimum atomic E-state index is -4.75. The number of rotatable bonds is 4. The van der Waals surface area contributed by atoms with E-state index in [1.807, 2.05) is 0 Å². The molecule has 0 atom stereocenters. The van der Waals surface area contributed by atoms with Crippen LogP contribution in [-0.2, 0) is 11.8 Å². The normalized spacial score (nSPS) is 11.8. The molecule has 11 heteroatoms. The van der Waals surface area contributed by atoms with E-state index in [4.69, 9.17) is 4.74 Å². The number of alkyl halides is 3. The van der Waals surface area contributed by atoms with E-state index in [1.54, 1.807) is 29.8 Å². The lowest BCUT2D eigenvalue weighted by Gasteiger charge is -2.07. The van der Waals surface area contributed by atoms with Crippen LogP contribution in [0.15, 0.2) is 36.4 Å². The lowest BCUT2D eigenvalue weighted by atomic mass is 10.2. The number of hydrogen-bond acceptors (Lipinski definition) is 7. The Kier molecular flexibility index (Phi) is 4.53. The van der Waals surface area contributed by atoms with Crippen molar-refractivity contribution in [3.05, 3.63) is 42.0 Å². The Labute approximate surface area is 165 Å². The minimum Gasteiger partial charge on any atom is -0.465 e. The molecule has 0 bridgehead atoms. The van der Waals surface area contributed by atoms with E-state index in [9.17, 15) is 18.0 Å². The van der Waals surface area contributed by atoms with Crippen molar-refractivity contribution in [2.24, 2.45) is 7.05 Å². The maximum absolute atomic E-state index is 12.4. The smallest absolute Gasteiger partial charge is 0.465 e. The van der Waals surface area contributed by atoms with Crippen LogP contribution in [0.1, 0.15) is 10.4 Å². The molecule has 0 radical (unpaired) electrons. The summed E-state index contributed by atoms with van der Waals surface area (Å²) in [4.78, 5) is 20.5. The van der Waals surface area contributed by atoms with Crippen LogP contribution in [0.2, 0.25) is 0 Å². The van der Waals surface area contributed by atoms with E-state index >= 15 is 0 Å². The molecule has 0 aliphatic carbocycles. The SMILES string of the molecule is COC(=O)c1ccc2c(c1)nc(Nc1nc3ccc(OC(F)(F)F)cc3s1)n2C. The van der Waals surface area contributed by atoms with Gasteiger partial charge in [-0.05, 0) is 30.3 Å². The number of ether oxygens (including phenoxy) is 2. The molecular weight excluding hydrogens is 409 g/mol. The van der Waals surface area contributed by atoms with Gasteiger partial charge in [0.15, 0.2) is 5.13 Å². The number of halogens is 3. The van der Waals surface area contributed by atoms with Crippen LogP contribution >= 0.6 is 11.3 Å². The summed E-state index contributed by atoms with van der Waals surface area (Å²) in [5.74, 6) is -0.304. The number of fused-ring (bicyclic) bond motifs is 2. The third kappa shape index (κ3) is 3.81. The summed E-state index contributed by atoms with van der Waals surface area (Å²) in [6.45, 7) is 0. The van der Waals surface area contributed by atoms with Crippen LogP contribution in [0.4, 0.5) is 24.3 Å². The number of nitrogens with one attached hydrogen (secondary N) is 1. The van der Waals surface area contributed by atoms with Crippen molar-refractivity contribution < 1.29 is 27.4 Å². The van der Waals surface area contributed by atoms with Gasteiger partial charge in [0.25, 0.3) is 0 Å². The van der Waals surface area contributed by atoms with Crippen molar-refractivity contribution in [1.82, 2.24) is 14.5 Å². The number of carbonyl (C=O) groups excluding carboxylic acids is 1. The third-order valence-electron chi connectivity index (χ3n) is 4.11. The van der Waals surface area contributed by atoms with Crippen molar-refractivity contribution in [1.29, 1.82) is 0 Å². The van der Waals surface area contributed by atoms with Gasteiger partial charge in [0.05, 0.1) is 33.9 Å². The number of anilines is 2. The van der Waals surface area contributed by atoms with Crippen molar-refractivity contribution in [3.8, 4) is 5.75 Å². The molecular formula is C18H13F3N4O3S. The lowest BCUT2D eigenvalue weighted by molar-refractivity contribution is -0.274. The van der Waals surface area contributed by atoms with E-state index in [0.29, 0.717) is 32.4 Å². The van der Waals surface area contributed by atoms with Gasteiger partial charge < -0.3 is 19.4 Å². The Hall–Kier alpha value is -3.34. The molecule has 29 heavy (non-hydrogen) atoms. The maximum atomic E-state index is 12.4. The number of nitrogens with zero attached hydrogens (tertiary/aromatic N) is 3. The molecule has 7 nitrogen and oxygen atoms in total. The molecule has 2 aromatic heterocycles. The van der Waals surface area contributed by atoms with E-state index in [2.05, 4.69) is 20.0 Å². The average Bonchev–Trinajstić information content (AvgIpc) is 3.19. The number of carbonyl (C=O) groups is 1. The van der Waals surface area contributed by atoms with Crippen LogP contribution in [-0.4, -0.2) is 34.0 Å². The monoisotopic (exact) mass is 422 g/mol. The quantitative estimate of drug-likeness (QED) is 0.484. The highest BCUT2D eigenvalue weighted by atomic mass is 32.1. The fraction of sp³-hybridized carbons (Fsp3) is 0.167. The van der Waals surface area contributed by atoms with Crippen LogP contribution in [0.25, 0.3) is 21.3 Å². The molecule has 0 aliphatic rings. The Morgan fingerprint density at radius 1 is 1.14 bits per heavy atom. The molecule has 2 aromatic carbocycles. The van der Waals surface area contributed by atoms with E-state index in [-0.39, 0.29) is 5.75 Å². The Balaban J connectivity index is 1.64. The summed E-state index contributed by atoms with van der Waals surface area (Å²) >= 11 is 1.17. The fourth-order valence-electron chi connectivity index (χ4n) is 2.81. The zero-order valence-corrected chi connectivity index (χ0v) is 15.9. The van der Waals surface area contributed by atoms with Crippen LogP contribution in [0.5, 0.6) is 5.75 Å². The van der Waals surface area contributed by atoms with Gasteiger partial charge in [-0.3, -0.25) is 0 Å². The standard InChI is InChI=1S/C18H13F3N4O3S/c1-25-13-6-3-9(15(26)27-2)7-12(13)22-16(25)24-17-23-11-5-4-10(8-14(11)29-17)28-18(19,20)21/h3-8H,1-2H3,(H,22,23,24). The molecule has 0 aliphatic heterocycles. The summed E-state index contributed by atoms with van der Waals surface area (Å²) in [5, 5.41) is 3.52. The first-order valence-corrected chi connectivity index (χ1v) is 9.03. The second-order valence-corrected chi connectivity index (χ2v) is 7.04. The van der Waals surface area contributed by atoms with Gasteiger partial charge in [-0.25, -0.2) is 14.8 Å². The van der Waals surface area contributed by atoms with Gasteiger partial charge in [-0.15, -0.1) is 13.2 Å². The second kappa shape index (κ2) is 6.92. The topological polar surface area (TPSA) is 78.3 Å². The number of methoxy groups -OCH3 is 1. The van der Waals surface area contributed by atoms with Crippen molar-refractivity contribution in [2.45, 2.75) is 6.36 Å². The Bertz CT molecular complexity index is 1230. The van der Waals surface area contributed by atoms with Crippen LogP contribution in [0, 0.1) is 0 Å². The number of esters is 1. The molecule has 0 spiro atoms. The molecule has 0 unspecified atom stereocenters. The van der Waals surface area contributed by atoms with Crippen LogP contribution < -0.4 is 10.1 Å². The van der Waals surface area contributed by atoms with Gasteiger partial charge in [-0.2, -0.15) is 0 Å². The number of benzene rings is 2. The first-order valence-electron chi connectivity index (χ1n) is 8.21. The molecule has 2 heterocycles. The molecule has 4 rings (SSSR count). The molecule has 0 saturated carbocycles. The predicted octanol–water partition coefficient (Wildman–Crippen LogP) is 4.61. The molecule has 150 valence electrons. The largest absolute Gasteiger partial charge is 0.573 e. The van der Waals surface area contributed by atoms with Crippen molar-refractivity contribution >= 4 is 49.6 Å². The molecule has 0 amide bonds. The van der Waals surface area contributed by atoms with Crippen molar-refractivity contribution in [2.75, 3.05) is 12.4 Å². The number of aryl methyl sites for hydroxylation is 1. The first kappa shape index (κ1) is 19.0. The molecule has 4 aromatic rings. The average molecular weight is 422 g/mol. The molecule has 1 N–H and O–H groups in total. The van der Waals surface area contributed by atoms with Gasteiger partial charge in [0.2, 0.25) is 5.95 Å². The zero-order valence-electron chi connectivity index (χ0n) is 15.1. The Morgan fingerprint density at radius 2 is 1.93 bits per heavy atom. The minimum absolute atomic E-state index is 0.307. The van der Waals surface area contributed by atoms with Gasteiger partial charge in [0.1, 0.15) is 5.75 Å². The fourth-order valence-corrected chi connectivity index (χ4v) is 3.70. The number of hydrogen-bond donors (Lipinski definition) is 1. The van der Waals surface area contributed by atoms with E-state index in [0.717, 1.165) is 5.52 Å². The summed E-state index contributed by atoms with van der Waals surface area (Å²) in [6, 6.07) is 8.95. The predicted molar refractivity (Wildman–Crippen MR) is 102 cm³/mol. The van der Waals surface area contributed by atoms with Gasteiger partial charge >= 0.3 is 12.3 Å². The molecule has 0 fully saturated rings. The number of imidazole rings is 1. The summed E-state index contributed by atoms with van der Waals surface area (Å²) in [5.41, 5.74) is 2.27. The zero-order chi connectivity index (χ0) is 20.8. The van der Waals surface area contributed by atoms with Crippen molar-refractivity contribution in [3.63, 3.8) is 0 Å². The third-order valence-corrected chi connectivity index (χ3v) is 5.05. The maximum Gasteiger partial charge on any atom is 0.573 e.